The van der Waals surface area contributed by atoms with Crippen molar-refractivity contribution in [2.75, 3.05) is 0 Å². The van der Waals surface area contributed by atoms with E-state index in [2.05, 4.69) is 12.8 Å². The average Bonchev–Trinajstić information content (AvgIpc) is 2.83. The van der Waals surface area contributed by atoms with E-state index in [0.29, 0.717) is 24.2 Å². The lowest BCUT2D eigenvalue weighted by atomic mass is 9.53. The first-order valence-corrected chi connectivity index (χ1v) is 8.65. The Morgan fingerprint density at radius 1 is 1.17 bits per heavy atom. The second kappa shape index (κ2) is 4.68. The molecule has 3 aliphatic carbocycles. The van der Waals surface area contributed by atoms with Gasteiger partial charge in [0.2, 0.25) is 0 Å². The molecule has 2 saturated carbocycles. The fraction of sp³-hybridized carbons (Fsp3) is 0.600. The molecule has 0 aliphatic heterocycles. The highest BCUT2D eigenvalue weighted by Gasteiger charge is 2.61. The molecule has 0 unspecified atom stereocenters. The van der Waals surface area contributed by atoms with Gasteiger partial charge in [-0.3, -0.25) is 0 Å². The lowest BCUT2D eigenvalue weighted by Gasteiger charge is -2.52. The zero-order valence-electron chi connectivity index (χ0n) is 13.5. The smallest absolute Gasteiger partial charge is 0.160 e. The summed E-state index contributed by atoms with van der Waals surface area (Å²) in [7, 11) is 0. The van der Waals surface area contributed by atoms with Crippen molar-refractivity contribution in [2.45, 2.75) is 57.0 Å². The van der Waals surface area contributed by atoms with Crippen molar-refractivity contribution >= 4 is 0 Å². The maximum Gasteiger partial charge on any atom is 0.160 e. The van der Waals surface area contributed by atoms with Crippen LogP contribution in [-0.4, -0.2) is 20.9 Å². The fourth-order valence-electron chi connectivity index (χ4n) is 5.89. The van der Waals surface area contributed by atoms with Gasteiger partial charge < -0.3 is 15.3 Å². The molecular formula is C20H24O3. The molecule has 0 saturated heterocycles. The number of phenols is 2. The summed E-state index contributed by atoms with van der Waals surface area (Å²) in [5, 5.41) is 30.8. The Hall–Kier alpha value is -1.66. The molecule has 1 aromatic carbocycles. The van der Waals surface area contributed by atoms with Crippen LogP contribution < -0.4 is 0 Å². The van der Waals surface area contributed by atoms with Gasteiger partial charge in [0.25, 0.3) is 0 Å². The lowest BCUT2D eigenvalue weighted by molar-refractivity contribution is -0.0647. The van der Waals surface area contributed by atoms with Gasteiger partial charge in [-0.15, -0.1) is 6.42 Å². The Bertz CT molecular complexity index is 704. The van der Waals surface area contributed by atoms with Crippen molar-refractivity contribution < 1.29 is 15.3 Å². The summed E-state index contributed by atoms with van der Waals surface area (Å²) >= 11 is 0. The first-order chi connectivity index (χ1) is 10.9. The minimum atomic E-state index is -0.972. The molecule has 0 amide bonds. The van der Waals surface area contributed by atoms with Crippen LogP contribution in [0.5, 0.6) is 11.5 Å². The third kappa shape index (κ3) is 1.76. The molecule has 0 aromatic heterocycles. The van der Waals surface area contributed by atoms with Crippen LogP contribution in [0.15, 0.2) is 12.1 Å². The molecule has 4 rings (SSSR count). The van der Waals surface area contributed by atoms with Crippen LogP contribution >= 0.6 is 0 Å². The number of hydrogen-bond donors (Lipinski definition) is 3. The van der Waals surface area contributed by atoms with Gasteiger partial charge >= 0.3 is 0 Å². The van der Waals surface area contributed by atoms with Gasteiger partial charge in [-0.2, -0.15) is 0 Å². The zero-order chi connectivity index (χ0) is 16.4. The van der Waals surface area contributed by atoms with Gasteiger partial charge in [-0.1, -0.05) is 18.9 Å². The second-order valence-corrected chi connectivity index (χ2v) is 7.92. The highest BCUT2D eigenvalue weighted by Crippen LogP contribution is 2.64. The SMILES string of the molecule is C#C[C@@]1(O)CC[C@H]2[C@@H]3CCc4c(ccc(O)c4O)[C@H]3CC[C@@]21C. The molecule has 3 aliphatic rings. The summed E-state index contributed by atoms with van der Waals surface area (Å²) in [6.07, 6.45) is 11.0. The number of benzene rings is 1. The number of rotatable bonds is 0. The minimum absolute atomic E-state index is 0.0228. The highest BCUT2D eigenvalue weighted by molar-refractivity contribution is 5.51. The Balaban J connectivity index is 1.74. The van der Waals surface area contributed by atoms with E-state index in [4.69, 9.17) is 6.42 Å². The van der Waals surface area contributed by atoms with Crippen molar-refractivity contribution in [2.24, 2.45) is 17.3 Å². The van der Waals surface area contributed by atoms with E-state index in [9.17, 15) is 15.3 Å². The van der Waals surface area contributed by atoms with Crippen LogP contribution in [0.4, 0.5) is 0 Å². The summed E-state index contributed by atoms with van der Waals surface area (Å²) in [6.45, 7) is 2.17. The molecule has 1 aromatic rings. The molecule has 0 spiro atoms. The van der Waals surface area contributed by atoms with E-state index in [-0.39, 0.29) is 16.9 Å². The van der Waals surface area contributed by atoms with E-state index in [1.54, 1.807) is 6.07 Å². The summed E-state index contributed by atoms with van der Waals surface area (Å²) in [5.41, 5.74) is 0.939. The predicted molar refractivity (Wildman–Crippen MR) is 88.2 cm³/mol. The molecule has 5 atom stereocenters. The van der Waals surface area contributed by atoms with Gasteiger partial charge in [0.15, 0.2) is 11.5 Å². The van der Waals surface area contributed by atoms with Crippen molar-refractivity contribution in [3.63, 3.8) is 0 Å². The Labute approximate surface area is 137 Å². The first kappa shape index (κ1) is 14.9. The van der Waals surface area contributed by atoms with Crippen LogP contribution in [0.1, 0.15) is 56.1 Å². The Morgan fingerprint density at radius 3 is 2.70 bits per heavy atom. The third-order valence-corrected chi connectivity index (χ3v) is 7.25. The van der Waals surface area contributed by atoms with E-state index in [1.165, 1.54) is 5.56 Å². The largest absolute Gasteiger partial charge is 0.504 e. The number of phenolic OH excluding ortho intramolecular Hbond substituents is 2. The number of fused-ring (bicyclic) bond motifs is 5. The maximum atomic E-state index is 10.9. The Morgan fingerprint density at radius 2 is 1.96 bits per heavy atom. The van der Waals surface area contributed by atoms with Crippen molar-refractivity contribution in [1.29, 1.82) is 0 Å². The molecule has 0 radical (unpaired) electrons. The topological polar surface area (TPSA) is 60.7 Å². The van der Waals surface area contributed by atoms with Gasteiger partial charge in [-0.05, 0) is 67.9 Å². The molecule has 3 N–H and O–H groups in total. The van der Waals surface area contributed by atoms with Crippen LogP contribution in [0.3, 0.4) is 0 Å². The number of hydrogen-bond acceptors (Lipinski definition) is 3. The monoisotopic (exact) mass is 312 g/mol. The van der Waals surface area contributed by atoms with Crippen LogP contribution in [0.2, 0.25) is 0 Å². The van der Waals surface area contributed by atoms with Crippen LogP contribution in [0.25, 0.3) is 0 Å². The van der Waals surface area contributed by atoms with Crippen molar-refractivity contribution in [1.82, 2.24) is 0 Å². The number of aliphatic hydroxyl groups is 1. The number of terminal acetylenes is 1. The summed E-state index contributed by atoms with van der Waals surface area (Å²) < 4.78 is 0. The maximum absolute atomic E-state index is 10.9. The van der Waals surface area contributed by atoms with E-state index in [0.717, 1.165) is 37.7 Å². The first-order valence-electron chi connectivity index (χ1n) is 8.65. The molecule has 0 bridgehead atoms. The molecular weight excluding hydrogens is 288 g/mol. The van der Waals surface area contributed by atoms with E-state index >= 15 is 0 Å². The molecule has 122 valence electrons. The van der Waals surface area contributed by atoms with E-state index < -0.39 is 5.60 Å². The Kier molecular flexibility index (Phi) is 3.03. The average molecular weight is 312 g/mol. The van der Waals surface area contributed by atoms with Crippen LogP contribution in [-0.2, 0) is 6.42 Å². The third-order valence-electron chi connectivity index (χ3n) is 7.25. The van der Waals surface area contributed by atoms with Gasteiger partial charge in [0.05, 0.1) is 0 Å². The second-order valence-electron chi connectivity index (χ2n) is 7.92. The fourth-order valence-corrected chi connectivity index (χ4v) is 5.89. The molecule has 3 heteroatoms. The molecule has 0 heterocycles. The minimum Gasteiger partial charge on any atom is -0.504 e. The quantitative estimate of drug-likeness (QED) is 0.509. The van der Waals surface area contributed by atoms with Gasteiger partial charge in [0.1, 0.15) is 5.60 Å². The predicted octanol–water partition coefficient (Wildman–Crippen LogP) is 3.32. The van der Waals surface area contributed by atoms with Gasteiger partial charge in [0, 0.05) is 11.0 Å². The highest BCUT2D eigenvalue weighted by atomic mass is 16.3. The summed E-state index contributed by atoms with van der Waals surface area (Å²) in [4.78, 5) is 0. The lowest BCUT2D eigenvalue weighted by Crippen LogP contribution is -2.50. The van der Waals surface area contributed by atoms with Gasteiger partial charge in [-0.25, -0.2) is 0 Å². The normalized spacial score (nSPS) is 41.5. The zero-order valence-corrected chi connectivity index (χ0v) is 13.5. The summed E-state index contributed by atoms with van der Waals surface area (Å²) in [6, 6.07) is 3.59. The van der Waals surface area contributed by atoms with Crippen molar-refractivity contribution in [3.05, 3.63) is 23.3 Å². The van der Waals surface area contributed by atoms with Crippen LogP contribution in [0, 0.1) is 29.6 Å². The molecule has 23 heavy (non-hydrogen) atoms. The molecule has 3 nitrogen and oxygen atoms in total. The number of aromatic hydroxyl groups is 2. The van der Waals surface area contributed by atoms with Crippen molar-refractivity contribution in [3.8, 4) is 23.8 Å². The summed E-state index contributed by atoms with van der Waals surface area (Å²) in [5.74, 6) is 4.08. The standard InChI is InChI=1S/C20H24O3/c1-3-20(23)11-9-16-14-4-5-15-12(6-7-17(21)18(15)22)13(14)8-10-19(16,20)2/h1,6-7,13-14,16,21-23H,4-5,8-11H2,2H3/t13-,14-,16+,19+,20-/m1/s1. The van der Waals surface area contributed by atoms with E-state index in [1.807, 2.05) is 6.07 Å². The molecule has 2 fully saturated rings.